The van der Waals surface area contributed by atoms with Gasteiger partial charge < -0.3 is 9.55 Å². The van der Waals surface area contributed by atoms with Crippen LogP contribution in [0.2, 0.25) is 0 Å². The first-order valence-corrected chi connectivity index (χ1v) is 16.1. The highest BCUT2D eigenvalue weighted by molar-refractivity contribution is 6.01. The first-order chi connectivity index (χ1) is 20.5. The van der Waals surface area contributed by atoms with Gasteiger partial charge in [0.1, 0.15) is 0 Å². The SMILES string of the molecule is [C-]#[N+]c1c2nc(c(CC)c3ccc([nH]3)c(CC)c3nc(c(CC)c4c(CC)c(CC)c1n4CC)C=C3)C(CC)=C2CC. The average Bonchev–Trinajstić information content (AvgIpc) is 3.80. The number of nitrogens with zero attached hydrogens (tertiary/aromatic N) is 4. The zero-order valence-electron chi connectivity index (χ0n) is 26.8. The molecule has 0 aliphatic carbocycles. The standard InChI is InChI=1S/C37H45N5/c1-10-22-23(11-2)34-35(38-9)37-25(13-4)24(12-3)36(42(37)17-8)28(16-7)32-21-19-30(40-32)26(14-5)29-18-20-31(39-29)27(15-6)33(22)41-34/h18-21,39H,10-17H2,1-8H3. The molecule has 3 aromatic heterocycles. The predicted molar refractivity (Wildman–Crippen MR) is 180 cm³/mol. The molecule has 0 atom stereocenters. The number of hydrogen-bond donors (Lipinski definition) is 1. The lowest BCUT2D eigenvalue weighted by Gasteiger charge is -2.10. The van der Waals surface area contributed by atoms with Crippen LogP contribution in [0.5, 0.6) is 0 Å². The van der Waals surface area contributed by atoms with Crippen molar-refractivity contribution in [1.82, 2.24) is 19.5 Å². The van der Waals surface area contributed by atoms with Crippen LogP contribution in [0.15, 0.2) is 12.1 Å². The molecule has 42 heavy (non-hydrogen) atoms. The number of allylic oxidation sites excluding steroid dienone is 2. The number of H-pyrrole nitrogens is 1. The summed E-state index contributed by atoms with van der Waals surface area (Å²) in [7, 11) is 0. The first kappa shape index (κ1) is 29.6. The van der Waals surface area contributed by atoms with Crippen LogP contribution in [0, 0.1) is 6.57 Å². The minimum Gasteiger partial charge on any atom is -0.355 e. The summed E-state index contributed by atoms with van der Waals surface area (Å²) in [6.45, 7) is 27.1. The summed E-state index contributed by atoms with van der Waals surface area (Å²) < 4.78 is 2.41. The maximum atomic E-state index is 8.59. The molecular weight excluding hydrogens is 514 g/mol. The van der Waals surface area contributed by atoms with Gasteiger partial charge in [0.15, 0.2) is 0 Å². The second-order valence-electron chi connectivity index (χ2n) is 11.0. The third kappa shape index (κ3) is 4.44. The van der Waals surface area contributed by atoms with Crippen LogP contribution in [-0.2, 0) is 38.6 Å². The highest BCUT2D eigenvalue weighted by Gasteiger charge is 2.27. The lowest BCUT2D eigenvalue weighted by Crippen LogP contribution is -2.00. The number of aromatic amines is 1. The van der Waals surface area contributed by atoms with E-state index in [1.54, 1.807) is 0 Å². The Morgan fingerprint density at radius 3 is 1.67 bits per heavy atom. The number of rotatable bonds is 8. The Kier molecular flexibility index (Phi) is 8.55. The van der Waals surface area contributed by atoms with Crippen LogP contribution >= 0.6 is 0 Å². The second kappa shape index (κ2) is 12.1. The zero-order valence-corrected chi connectivity index (χ0v) is 26.8. The molecule has 5 rings (SSSR count). The summed E-state index contributed by atoms with van der Waals surface area (Å²) in [6, 6.07) is 4.40. The van der Waals surface area contributed by atoms with Crippen molar-refractivity contribution in [2.45, 2.75) is 107 Å². The Morgan fingerprint density at radius 1 is 0.619 bits per heavy atom. The third-order valence-electron chi connectivity index (χ3n) is 9.15. The quantitative estimate of drug-likeness (QED) is 0.218. The van der Waals surface area contributed by atoms with Crippen molar-refractivity contribution < 1.29 is 0 Å². The zero-order chi connectivity index (χ0) is 30.1. The topological polar surface area (TPSA) is 50.9 Å². The van der Waals surface area contributed by atoms with Gasteiger partial charge in [-0.25, -0.2) is 9.83 Å². The van der Waals surface area contributed by atoms with E-state index in [1.165, 1.54) is 44.5 Å². The average molecular weight is 560 g/mol. The maximum absolute atomic E-state index is 8.59. The van der Waals surface area contributed by atoms with Crippen molar-refractivity contribution in [3.8, 4) is 0 Å². The summed E-state index contributed by atoms with van der Waals surface area (Å²) in [5, 5.41) is 0. The number of hydrogen-bond acceptors (Lipinski definition) is 2. The molecule has 8 bridgehead atoms. The van der Waals surface area contributed by atoms with Crippen molar-refractivity contribution in [2.24, 2.45) is 0 Å². The van der Waals surface area contributed by atoms with Crippen LogP contribution in [0.1, 0.15) is 119 Å². The van der Waals surface area contributed by atoms with E-state index in [4.69, 9.17) is 16.5 Å². The Balaban J connectivity index is 2.20. The molecule has 5 heterocycles. The van der Waals surface area contributed by atoms with Crippen LogP contribution in [-0.4, -0.2) is 19.5 Å². The summed E-state index contributed by atoms with van der Waals surface area (Å²) in [5.74, 6) is 0. The maximum Gasteiger partial charge on any atom is 0.235 e. The number of nitrogens with one attached hydrogen (secondary N) is 1. The number of aryl methyl sites for hydroxylation is 6. The van der Waals surface area contributed by atoms with Gasteiger partial charge in [0.05, 0.1) is 34.9 Å². The van der Waals surface area contributed by atoms with Gasteiger partial charge >= 0.3 is 0 Å². The monoisotopic (exact) mass is 559 g/mol. The van der Waals surface area contributed by atoms with E-state index in [0.717, 1.165) is 90.8 Å². The summed E-state index contributed by atoms with van der Waals surface area (Å²) in [5.41, 5.74) is 18.0. The van der Waals surface area contributed by atoms with E-state index < -0.39 is 0 Å². The van der Waals surface area contributed by atoms with E-state index in [-0.39, 0.29) is 0 Å². The summed E-state index contributed by atoms with van der Waals surface area (Å²) >= 11 is 0. The molecule has 5 heteroatoms. The lowest BCUT2D eigenvalue weighted by atomic mass is 9.96. The van der Waals surface area contributed by atoms with Crippen molar-refractivity contribution in [2.75, 3.05) is 0 Å². The van der Waals surface area contributed by atoms with Gasteiger partial charge in [-0.1, -0.05) is 48.5 Å². The van der Waals surface area contributed by atoms with Crippen LogP contribution in [0.25, 0.3) is 50.2 Å². The fourth-order valence-corrected chi connectivity index (χ4v) is 7.29. The molecule has 218 valence electrons. The van der Waals surface area contributed by atoms with Crippen LogP contribution in [0.4, 0.5) is 5.69 Å². The lowest BCUT2D eigenvalue weighted by molar-refractivity contribution is 0.816. The molecule has 0 spiro atoms. The normalized spacial score (nSPS) is 12.8. The highest BCUT2D eigenvalue weighted by atomic mass is 15.0. The van der Waals surface area contributed by atoms with Crippen molar-refractivity contribution in [1.29, 1.82) is 0 Å². The molecule has 3 aromatic rings. The van der Waals surface area contributed by atoms with Gasteiger partial charge in [0, 0.05) is 39.8 Å². The Labute approximate surface area is 251 Å². The fourth-order valence-electron chi connectivity index (χ4n) is 7.29. The van der Waals surface area contributed by atoms with Gasteiger partial charge in [-0.2, -0.15) is 0 Å². The largest absolute Gasteiger partial charge is 0.355 e. The molecule has 1 N–H and O–H groups in total. The third-order valence-corrected chi connectivity index (χ3v) is 9.15. The summed E-state index contributed by atoms with van der Waals surface area (Å²) in [4.78, 5) is 18.7. The van der Waals surface area contributed by atoms with Crippen molar-refractivity contribution in [3.05, 3.63) is 74.1 Å². The molecule has 5 nitrogen and oxygen atoms in total. The van der Waals surface area contributed by atoms with Crippen molar-refractivity contribution >= 4 is 51.1 Å². The van der Waals surface area contributed by atoms with Gasteiger partial charge in [0.25, 0.3) is 0 Å². The smallest absolute Gasteiger partial charge is 0.235 e. The van der Waals surface area contributed by atoms with Gasteiger partial charge in [-0.3, -0.25) is 4.98 Å². The Hall–Kier alpha value is -3.91. The number of fused-ring (bicyclic) bond motifs is 8. The van der Waals surface area contributed by atoms with Crippen LogP contribution < -0.4 is 0 Å². The van der Waals surface area contributed by atoms with Crippen LogP contribution in [0.3, 0.4) is 0 Å². The highest BCUT2D eigenvalue weighted by Crippen LogP contribution is 2.44. The van der Waals surface area contributed by atoms with E-state index >= 15 is 0 Å². The molecular formula is C37H45N5. The molecule has 0 fully saturated rings. The van der Waals surface area contributed by atoms with Gasteiger partial charge in [-0.05, 0) is 98.4 Å². The minimum atomic E-state index is 0.690. The Morgan fingerprint density at radius 2 is 1.14 bits per heavy atom. The van der Waals surface area contributed by atoms with Crippen molar-refractivity contribution in [3.63, 3.8) is 0 Å². The van der Waals surface area contributed by atoms with E-state index in [0.29, 0.717) is 5.69 Å². The van der Waals surface area contributed by atoms with Gasteiger partial charge in [-0.15, -0.1) is 0 Å². The van der Waals surface area contributed by atoms with Gasteiger partial charge in [0.2, 0.25) is 5.69 Å². The van der Waals surface area contributed by atoms with E-state index in [2.05, 4.69) is 94.1 Å². The van der Waals surface area contributed by atoms with E-state index in [1.807, 2.05) is 0 Å². The molecule has 0 saturated heterocycles. The minimum absolute atomic E-state index is 0.690. The fraction of sp³-hybridized carbons (Fsp3) is 0.432. The van der Waals surface area contributed by atoms with E-state index in [9.17, 15) is 0 Å². The predicted octanol–water partition coefficient (Wildman–Crippen LogP) is 10.1. The molecule has 2 aliphatic heterocycles. The Bertz CT molecular complexity index is 1820. The first-order valence-electron chi connectivity index (χ1n) is 16.1. The molecule has 0 amide bonds. The molecule has 0 aromatic carbocycles. The number of aromatic nitrogens is 4. The molecule has 0 unspecified atom stereocenters. The molecule has 2 aliphatic rings. The molecule has 0 saturated carbocycles. The second-order valence-corrected chi connectivity index (χ2v) is 11.0. The summed E-state index contributed by atoms with van der Waals surface area (Å²) in [6.07, 6.45) is 10.5. The molecule has 0 radical (unpaired) electrons.